The minimum absolute atomic E-state index is 0.592. The highest BCUT2D eigenvalue weighted by molar-refractivity contribution is 6.42. The van der Waals surface area contributed by atoms with E-state index >= 15 is 0 Å². The molecule has 0 unspecified atom stereocenters. The summed E-state index contributed by atoms with van der Waals surface area (Å²) in [5, 5.41) is 1.19. The van der Waals surface area contributed by atoms with Crippen molar-refractivity contribution in [3.05, 3.63) is 87.9 Å². The summed E-state index contributed by atoms with van der Waals surface area (Å²) >= 11 is 12.2. The Bertz CT molecular complexity index is 941. The third kappa shape index (κ3) is 4.21. The summed E-state index contributed by atoms with van der Waals surface area (Å²) in [5.74, 6) is 2.24. The molecule has 0 spiro atoms. The van der Waals surface area contributed by atoms with Crippen LogP contribution >= 0.6 is 23.2 Å². The van der Waals surface area contributed by atoms with Gasteiger partial charge in [-0.2, -0.15) is 0 Å². The zero-order valence-corrected chi connectivity index (χ0v) is 17.5. The molecule has 0 amide bonds. The minimum atomic E-state index is 0.592. The molecule has 0 aromatic heterocycles. The highest BCUT2D eigenvalue weighted by Crippen LogP contribution is 2.41. The molecular weight excluding hydrogens is 387 g/mol. The molecule has 0 heterocycles. The molecule has 144 valence electrons. The van der Waals surface area contributed by atoms with E-state index in [1.165, 1.54) is 42.4 Å². The lowest BCUT2D eigenvalue weighted by Crippen LogP contribution is -2.12. The lowest BCUT2D eigenvalue weighted by molar-refractivity contribution is 0.391. The van der Waals surface area contributed by atoms with Gasteiger partial charge in [0.05, 0.1) is 17.2 Å². The molecule has 3 aromatic rings. The summed E-state index contributed by atoms with van der Waals surface area (Å²) in [4.78, 5) is 0. The van der Waals surface area contributed by atoms with Crippen molar-refractivity contribution in [3.8, 4) is 16.9 Å². The molecule has 3 aromatic carbocycles. The van der Waals surface area contributed by atoms with Crippen molar-refractivity contribution >= 4 is 23.2 Å². The van der Waals surface area contributed by atoms with Crippen molar-refractivity contribution in [3.63, 3.8) is 0 Å². The van der Waals surface area contributed by atoms with Crippen LogP contribution in [0.25, 0.3) is 11.1 Å². The van der Waals surface area contributed by atoms with E-state index in [0.29, 0.717) is 21.9 Å². The molecule has 0 N–H and O–H groups in total. The average Bonchev–Trinajstić information content (AvgIpc) is 2.76. The predicted molar refractivity (Wildman–Crippen MR) is 119 cm³/mol. The smallest absolute Gasteiger partial charge is 0.119 e. The molecule has 1 nitrogen and oxygen atoms in total. The normalized spacial score (nSPS) is 19.4. The van der Waals surface area contributed by atoms with Crippen LogP contribution in [0.4, 0.5) is 0 Å². The summed E-state index contributed by atoms with van der Waals surface area (Å²) in [6, 6.07) is 23.3. The van der Waals surface area contributed by atoms with Gasteiger partial charge in [0.1, 0.15) is 5.75 Å². The van der Waals surface area contributed by atoms with E-state index in [1.807, 2.05) is 24.3 Å². The van der Waals surface area contributed by atoms with Crippen molar-refractivity contribution in [2.75, 3.05) is 7.11 Å². The van der Waals surface area contributed by atoms with Crippen LogP contribution in [-0.4, -0.2) is 7.11 Å². The monoisotopic (exact) mass is 410 g/mol. The maximum Gasteiger partial charge on any atom is 0.119 e. The molecule has 0 bridgehead atoms. The Morgan fingerprint density at radius 2 is 1.32 bits per heavy atom. The van der Waals surface area contributed by atoms with Gasteiger partial charge in [0.25, 0.3) is 0 Å². The Morgan fingerprint density at radius 3 is 1.96 bits per heavy atom. The second-order valence-corrected chi connectivity index (χ2v) is 8.39. The Hall–Kier alpha value is -1.96. The molecule has 0 radical (unpaired) electrons. The number of hydrogen-bond acceptors (Lipinski definition) is 1. The molecule has 3 heteroatoms. The Kier molecular flexibility index (Phi) is 5.94. The maximum absolute atomic E-state index is 6.16. The first-order valence-electron chi connectivity index (χ1n) is 9.83. The molecule has 1 aliphatic carbocycles. The molecule has 28 heavy (non-hydrogen) atoms. The summed E-state index contributed by atoms with van der Waals surface area (Å²) in [6.07, 6.45) is 4.92. The fourth-order valence-corrected chi connectivity index (χ4v) is 4.58. The lowest BCUT2D eigenvalue weighted by Gasteiger charge is -2.29. The van der Waals surface area contributed by atoms with E-state index < -0.39 is 0 Å². The van der Waals surface area contributed by atoms with Crippen LogP contribution in [0.5, 0.6) is 5.75 Å². The van der Waals surface area contributed by atoms with Gasteiger partial charge in [0, 0.05) is 0 Å². The van der Waals surface area contributed by atoms with Crippen LogP contribution in [0, 0.1) is 0 Å². The SMILES string of the molecule is COc1cccc(C2CCC(c3ccc(-c4ccc(Cl)c(Cl)c4)cc3)CC2)c1. The minimum Gasteiger partial charge on any atom is -0.497 e. The molecule has 0 saturated heterocycles. The quantitative estimate of drug-likeness (QED) is 0.421. The number of halogens is 2. The van der Waals surface area contributed by atoms with Gasteiger partial charge in [-0.3, -0.25) is 0 Å². The van der Waals surface area contributed by atoms with Gasteiger partial charge in [-0.05, 0) is 84.0 Å². The first kappa shape index (κ1) is 19.4. The van der Waals surface area contributed by atoms with Crippen molar-refractivity contribution < 1.29 is 4.74 Å². The van der Waals surface area contributed by atoms with E-state index in [-0.39, 0.29) is 0 Å². The fraction of sp³-hybridized carbons (Fsp3) is 0.280. The van der Waals surface area contributed by atoms with Crippen molar-refractivity contribution in [2.24, 2.45) is 0 Å². The zero-order valence-electron chi connectivity index (χ0n) is 16.0. The maximum atomic E-state index is 6.16. The Balaban J connectivity index is 1.42. The zero-order chi connectivity index (χ0) is 19.5. The summed E-state index contributed by atoms with van der Waals surface area (Å²) in [6.45, 7) is 0. The molecule has 0 aliphatic heterocycles. The molecule has 0 atom stereocenters. The van der Waals surface area contributed by atoms with Gasteiger partial charge in [0.15, 0.2) is 0 Å². The van der Waals surface area contributed by atoms with Crippen molar-refractivity contribution in [2.45, 2.75) is 37.5 Å². The topological polar surface area (TPSA) is 9.23 Å². The number of rotatable bonds is 4. The van der Waals surface area contributed by atoms with Gasteiger partial charge in [0.2, 0.25) is 0 Å². The molecule has 1 aliphatic rings. The van der Waals surface area contributed by atoms with Gasteiger partial charge < -0.3 is 4.74 Å². The summed E-state index contributed by atoms with van der Waals surface area (Å²) < 4.78 is 5.38. The van der Waals surface area contributed by atoms with Crippen molar-refractivity contribution in [1.82, 2.24) is 0 Å². The van der Waals surface area contributed by atoms with Crippen LogP contribution in [0.1, 0.15) is 48.6 Å². The molecule has 4 rings (SSSR count). The van der Waals surface area contributed by atoms with E-state index in [2.05, 4.69) is 42.5 Å². The highest BCUT2D eigenvalue weighted by Gasteiger charge is 2.23. The molecular formula is C25H24Cl2O. The van der Waals surface area contributed by atoms with E-state index in [9.17, 15) is 0 Å². The van der Waals surface area contributed by atoms with Crippen LogP contribution in [0.3, 0.4) is 0 Å². The third-order valence-electron chi connectivity index (χ3n) is 5.93. The Morgan fingerprint density at radius 1 is 0.679 bits per heavy atom. The number of hydrogen-bond donors (Lipinski definition) is 0. The van der Waals surface area contributed by atoms with E-state index in [4.69, 9.17) is 27.9 Å². The van der Waals surface area contributed by atoms with Crippen molar-refractivity contribution in [1.29, 1.82) is 0 Å². The highest BCUT2D eigenvalue weighted by atomic mass is 35.5. The molecule has 1 saturated carbocycles. The average molecular weight is 411 g/mol. The van der Waals surface area contributed by atoms with Gasteiger partial charge in [-0.1, -0.05) is 65.7 Å². The summed E-state index contributed by atoms with van der Waals surface area (Å²) in [5.41, 5.74) is 5.12. The fourth-order valence-electron chi connectivity index (χ4n) is 4.28. The largest absolute Gasteiger partial charge is 0.497 e. The van der Waals surface area contributed by atoms with E-state index in [1.54, 1.807) is 7.11 Å². The van der Waals surface area contributed by atoms with Crippen LogP contribution < -0.4 is 4.74 Å². The first-order chi connectivity index (χ1) is 13.6. The Labute approximate surface area is 177 Å². The second kappa shape index (κ2) is 8.59. The predicted octanol–water partition coefficient (Wildman–Crippen LogP) is 8.11. The molecule has 1 fully saturated rings. The van der Waals surface area contributed by atoms with Gasteiger partial charge >= 0.3 is 0 Å². The standard InChI is InChI=1S/C25H24Cl2O/c1-28-23-4-2-3-21(15-23)19-9-5-17(6-10-19)18-7-11-20(12-8-18)22-13-14-24(26)25(27)16-22/h2-4,7-8,11-17,19H,5-6,9-10H2,1H3. The third-order valence-corrected chi connectivity index (χ3v) is 6.67. The number of benzene rings is 3. The summed E-state index contributed by atoms with van der Waals surface area (Å²) in [7, 11) is 1.73. The first-order valence-corrected chi connectivity index (χ1v) is 10.6. The number of ether oxygens (including phenoxy) is 1. The lowest BCUT2D eigenvalue weighted by atomic mass is 9.76. The van der Waals surface area contributed by atoms with Gasteiger partial charge in [-0.25, -0.2) is 0 Å². The number of methoxy groups -OCH3 is 1. The van der Waals surface area contributed by atoms with Crippen LogP contribution in [-0.2, 0) is 0 Å². The van der Waals surface area contributed by atoms with E-state index in [0.717, 1.165) is 11.3 Å². The second-order valence-electron chi connectivity index (χ2n) is 7.58. The van der Waals surface area contributed by atoms with Crippen LogP contribution in [0.15, 0.2) is 66.7 Å². The van der Waals surface area contributed by atoms with Gasteiger partial charge in [-0.15, -0.1) is 0 Å². The van der Waals surface area contributed by atoms with Crippen LogP contribution in [0.2, 0.25) is 10.0 Å².